The van der Waals surface area contributed by atoms with E-state index in [0.29, 0.717) is 5.66 Å². The van der Waals surface area contributed by atoms with Gasteiger partial charge in [-0.05, 0) is 50.6 Å². The molecular weight excluding hydrogens is 297 g/mol. The Bertz CT molecular complexity index is 574. The van der Waals surface area contributed by atoms with Crippen LogP contribution in [0.5, 0.6) is 0 Å². The molecule has 1 aliphatic carbocycles. The predicted octanol–water partition coefficient (Wildman–Crippen LogP) is 5.84. The lowest BCUT2D eigenvalue weighted by molar-refractivity contribution is 0.677. The number of nitrogens with zero attached hydrogens (tertiary/aromatic N) is 1. The van der Waals surface area contributed by atoms with Crippen LogP contribution in [0.4, 0.5) is 0 Å². The maximum absolute atomic E-state index is 6.80. The Balaban J connectivity index is 2.54. The predicted molar refractivity (Wildman–Crippen MR) is 96.0 cm³/mol. The molecule has 0 radical (unpaired) electrons. The minimum absolute atomic E-state index is 0.292. The molecule has 0 saturated heterocycles. The monoisotopic (exact) mass is 319 g/mol. The Morgan fingerprint density at radius 1 is 1.29 bits per heavy atom. The number of benzene rings is 1. The molecule has 0 spiro atoms. The van der Waals surface area contributed by atoms with Crippen LogP contribution in [0.25, 0.3) is 0 Å². The first-order valence-corrected chi connectivity index (χ1v) is 9.52. The Kier molecular flexibility index (Phi) is 5.81. The average molecular weight is 320 g/mol. The zero-order chi connectivity index (χ0) is 15.4. The van der Waals surface area contributed by atoms with E-state index >= 15 is 0 Å². The second-order valence-electron chi connectivity index (χ2n) is 5.54. The third-order valence-electron chi connectivity index (χ3n) is 3.96. The van der Waals surface area contributed by atoms with Gasteiger partial charge in [-0.15, -0.1) is 0 Å². The molecule has 0 N–H and O–H groups in total. The topological polar surface area (TPSA) is 3.24 Å². The van der Waals surface area contributed by atoms with E-state index in [9.17, 15) is 0 Å². The van der Waals surface area contributed by atoms with Gasteiger partial charge in [-0.3, -0.25) is 4.67 Å². The smallest absolute Gasteiger partial charge is 0.0740 e. The van der Waals surface area contributed by atoms with Gasteiger partial charge >= 0.3 is 0 Å². The van der Waals surface area contributed by atoms with Gasteiger partial charge in [0.1, 0.15) is 0 Å². The van der Waals surface area contributed by atoms with Crippen LogP contribution < -0.4 is 0 Å². The summed E-state index contributed by atoms with van der Waals surface area (Å²) < 4.78 is 2.15. The SMILES string of the molecule is C=C/C=C\C1=C(C)C(P(Cl)N(C)C)c2ccccc2CC1. The fraction of sp³-hybridized carbons (Fsp3) is 0.333. The van der Waals surface area contributed by atoms with Gasteiger partial charge in [0.25, 0.3) is 0 Å². The standard InChI is InChI=1S/C18H23ClNP/c1-5-6-9-15-12-13-16-10-7-8-11-17(16)18(14(15)2)21(19)20(3)4/h5-11,18H,1,12-13H2,2-4H3/b9-6-. The van der Waals surface area contributed by atoms with Gasteiger partial charge in [-0.1, -0.05) is 65.9 Å². The number of rotatable bonds is 4. The van der Waals surface area contributed by atoms with Crippen molar-refractivity contribution < 1.29 is 0 Å². The molecule has 0 bridgehead atoms. The molecule has 2 rings (SSSR count). The van der Waals surface area contributed by atoms with Crippen molar-refractivity contribution >= 4 is 18.7 Å². The van der Waals surface area contributed by atoms with Crippen LogP contribution in [-0.2, 0) is 6.42 Å². The lowest BCUT2D eigenvalue weighted by Crippen LogP contribution is -2.09. The average Bonchev–Trinajstić information content (AvgIpc) is 2.61. The molecule has 1 aliphatic rings. The van der Waals surface area contributed by atoms with Gasteiger partial charge in [0.15, 0.2) is 0 Å². The normalized spacial score (nSPS) is 20.5. The zero-order valence-corrected chi connectivity index (χ0v) is 14.7. The van der Waals surface area contributed by atoms with E-state index < -0.39 is 7.43 Å². The summed E-state index contributed by atoms with van der Waals surface area (Å²) in [6.07, 6.45) is 8.20. The molecule has 21 heavy (non-hydrogen) atoms. The second-order valence-corrected chi connectivity index (χ2v) is 8.47. The summed E-state index contributed by atoms with van der Waals surface area (Å²) in [6.45, 7) is 6.01. The molecule has 3 heteroatoms. The van der Waals surface area contributed by atoms with Crippen molar-refractivity contribution in [3.05, 3.63) is 71.3 Å². The molecule has 1 aromatic rings. The molecule has 2 atom stereocenters. The van der Waals surface area contributed by atoms with Crippen molar-refractivity contribution in [2.75, 3.05) is 14.1 Å². The summed E-state index contributed by atoms with van der Waals surface area (Å²) in [5, 5.41) is 0. The Labute approximate surface area is 134 Å². The quantitative estimate of drug-likeness (QED) is 0.497. The molecule has 0 aliphatic heterocycles. The van der Waals surface area contributed by atoms with Crippen LogP contribution in [-0.4, -0.2) is 18.8 Å². The molecule has 112 valence electrons. The maximum Gasteiger partial charge on any atom is 0.0740 e. The summed E-state index contributed by atoms with van der Waals surface area (Å²) in [5.74, 6) is 0. The fourth-order valence-corrected chi connectivity index (χ4v) is 4.99. The number of aryl methyl sites for hydroxylation is 1. The highest BCUT2D eigenvalue weighted by Gasteiger charge is 2.30. The summed E-state index contributed by atoms with van der Waals surface area (Å²) >= 11 is 6.80. The molecule has 0 aromatic heterocycles. The van der Waals surface area contributed by atoms with Crippen molar-refractivity contribution in [2.45, 2.75) is 25.4 Å². The Morgan fingerprint density at radius 3 is 2.67 bits per heavy atom. The highest BCUT2D eigenvalue weighted by Crippen LogP contribution is 2.61. The number of hydrogen-bond donors (Lipinski definition) is 0. The number of hydrogen-bond acceptors (Lipinski definition) is 1. The summed E-state index contributed by atoms with van der Waals surface area (Å²) in [6, 6.07) is 8.73. The van der Waals surface area contributed by atoms with E-state index in [4.69, 9.17) is 11.2 Å². The maximum atomic E-state index is 6.80. The largest absolute Gasteiger partial charge is 0.275 e. The molecular formula is C18H23ClNP. The van der Waals surface area contributed by atoms with Crippen molar-refractivity contribution in [1.82, 2.24) is 4.67 Å². The summed E-state index contributed by atoms with van der Waals surface area (Å²) in [7, 11) is 3.38. The second kappa shape index (κ2) is 7.40. The van der Waals surface area contributed by atoms with E-state index in [0.717, 1.165) is 12.8 Å². The van der Waals surface area contributed by atoms with Gasteiger partial charge in [-0.25, -0.2) is 0 Å². The van der Waals surface area contributed by atoms with Gasteiger partial charge < -0.3 is 0 Å². The summed E-state index contributed by atoms with van der Waals surface area (Å²) in [4.78, 5) is 0. The molecule has 0 fully saturated rings. The fourth-order valence-electron chi connectivity index (χ4n) is 2.81. The van der Waals surface area contributed by atoms with E-state index in [1.165, 1.54) is 22.3 Å². The number of halogens is 1. The molecule has 1 nitrogen and oxygen atoms in total. The van der Waals surface area contributed by atoms with Gasteiger partial charge in [0, 0.05) is 0 Å². The van der Waals surface area contributed by atoms with Crippen LogP contribution >= 0.6 is 18.7 Å². The first-order chi connectivity index (χ1) is 10.1. The number of allylic oxidation sites excluding steroid dienone is 5. The van der Waals surface area contributed by atoms with Crippen molar-refractivity contribution in [1.29, 1.82) is 0 Å². The highest BCUT2D eigenvalue weighted by atomic mass is 35.7. The van der Waals surface area contributed by atoms with Crippen LogP contribution in [0.2, 0.25) is 0 Å². The lowest BCUT2D eigenvalue weighted by atomic mass is 10.0. The van der Waals surface area contributed by atoms with Crippen LogP contribution in [0.15, 0.2) is 60.2 Å². The zero-order valence-electron chi connectivity index (χ0n) is 13.0. The molecule has 0 saturated carbocycles. The van der Waals surface area contributed by atoms with Gasteiger partial charge in [0.2, 0.25) is 0 Å². The van der Waals surface area contributed by atoms with Crippen molar-refractivity contribution in [3.8, 4) is 0 Å². The minimum atomic E-state index is -0.754. The third-order valence-corrected chi connectivity index (χ3v) is 7.31. The van der Waals surface area contributed by atoms with Gasteiger partial charge in [-0.2, -0.15) is 0 Å². The first kappa shape index (κ1) is 16.5. The Hall–Kier alpha value is -0.880. The Morgan fingerprint density at radius 2 is 2.00 bits per heavy atom. The summed E-state index contributed by atoms with van der Waals surface area (Å²) in [5.41, 5.74) is 5.91. The van der Waals surface area contributed by atoms with Gasteiger partial charge in [0.05, 0.1) is 13.1 Å². The van der Waals surface area contributed by atoms with E-state index in [-0.39, 0.29) is 0 Å². The van der Waals surface area contributed by atoms with Crippen LogP contribution in [0.1, 0.15) is 30.1 Å². The molecule has 2 unspecified atom stereocenters. The van der Waals surface area contributed by atoms with Crippen molar-refractivity contribution in [2.24, 2.45) is 0 Å². The minimum Gasteiger partial charge on any atom is -0.275 e. The third kappa shape index (κ3) is 3.66. The molecule has 0 heterocycles. The van der Waals surface area contributed by atoms with E-state index in [1.54, 1.807) is 0 Å². The molecule has 0 amide bonds. The first-order valence-electron chi connectivity index (χ1n) is 7.25. The van der Waals surface area contributed by atoms with Crippen molar-refractivity contribution in [3.63, 3.8) is 0 Å². The van der Waals surface area contributed by atoms with E-state index in [2.05, 4.69) is 62.6 Å². The highest BCUT2D eigenvalue weighted by molar-refractivity contribution is 7.82. The van der Waals surface area contributed by atoms with E-state index in [1.807, 2.05) is 12.2 Å². The van der Waals surface area contributed by atoms with Crippen LogP contribution in [0, 0.1) is 0 Å². The molecule has 1 aromatic carbocycles. The number of fused-ring (bicyclic) bond motifs is 1. The lowest BCUT2D eigenvalue weighted by Gasteiger charge is -2.29. The van der Waals surface area contributed by atoms with Crippen LogP contribution in [0.3, 0.4) is 0 Å².